The molecule has 0 N–H and O–H groups in total. The zero-order valence-electron chi connectivity index (χ0n) is 21.7. The number of nitrogens with zero attached hydrogens (tertiary/aromatic N) is 3. The van der Waals surface area contributed by atoms with Gasteiger partial charge in [-0.3, -0.25) is 9.98 Å². The molecule has 0 aliphatic rings. The normalized spacial score (nSPS) is 12.0. The van der Waals surface area contributed by atoms with Crippen LogP contribution in [-0.4, -0.2) is 16.9 Å². The number of hydrogen-bond donors (Lipinski definition) is 0. The van der Waals surface area contributed by atoms with Crippen LogP contribution in [0.15, 0.2) is 88.8 Å². The number of hydrogen-bond acceptors (Lipinski definition) is 5. The maximum Gasteiger partial charge on any atom is 0.0849 e. The standard InChI is InChI=1S/C32H29N3S2/c1-20-15-17-31(36-20)26-10-7-12-28(22(26)3)33-19-25-9-6-14-30(35-25)24(5)34-29-13-8-11-27(23(29)4)32-18-16-21(2)37-32/h6-19H,1-5H3. The Morgan fingerprint density at radius 3 is 1.84 bits per heavy atom. The second kappa shape index (κ2) is 10.8. The van der Waals surface area contributed by atoms with E-state index in [4.69, 9.17) is 15.0 Å². The molecule has 3 nitrogen and oxygen atoms in total. The number of thiophene rings is 2. The summed E-state index contributed by atoms with van der Waals surface area (Å²) in [5, 5.41) is 0. The molecular weight excluding hydrogens is 491 g/mol. The van der Waals surface area contributed by atoms with E-state index in [0.29, 0.717) is 0 Å². The van der Waals surface area contributed by atoms with Crippen LogP contribution in [-0.2, 0) is 0 Å². The summed E-state index contributed by atoms with van der Waals surface area (Å²) in [6.07, 6.45) is 1.84. The molecule has 37 heavy (non-hydrogen) atoms. The second-order valence-corrected chi connectivity index (χ2v) is 11.7. The van der Waals surface area contributed by atoms with Gasteiger partial charge in [0.25, 0.3) is 0 Å². The fourth-order valence-corrected chi connectivity index (χ4v) is 6.20. The Hall–Kier alpha value is -3.67. The van der Waals surface area contributed by atoms with Crippen molar-refractivity contribution in [3.05, 3.63) is 111 Å². The van der Waals surface area contributed by atoms with Crippen molar-refractivity contribution in [2.45, 2.75) is 34.6 Å². The Morgan fingerprint density at radius 2 is 1.24 bits per heavy atom. The molecule has 184 valence electrons. The van der Waals surface area contributed by atoms with Crippen molar-refractivity contribution in [3.8, 4) is 20.9 Å². The van der Waals surface area contributed by atoms with Crippen LogP contribution in [0.1, 0.15) is 39.2 Å². The molecule has 0 unspecified atom stereocenters. The quantitative estimate of drug-likeness (QED) is 0.206. The van der Waals surface area contributed by atoms with Gasteiger partial charge in [0, 0.05) is 19.5 Å². The van der Waals surface area contributed by atoms with Crippen LogP contribution >= 0.6 is 22.7 Å². The van der Waals surface area contributed by atoms with Gasteiger partial charge in [-0.1, -0.05) is 30.3 Å². The zero-order chi connectivity index (χ0) is 25.9. The third-order valence-corrected chi connectivity index (χ3v) is 8.46. The first-order chi connectivity index (χ1) is 17.9. The van der Waals surface area contributed by atoms with Crippen LogP contribution in [0, 0.1) is 27.7 Å². The summed E-state index contributed by atoms with van der Waals surface area (Å²) in [7, 11) is 0. The lowest BCUT2D eigenvalue weighted by atomic mass is 10.1. The van der Waals surface area contributed by atoms with E-state index in [1.54, 1.807) is 0 Å². The Balaban J connectivity index is 1.41. The van der Waals surface area contributed by atoms with Crippen molar-refractivity contribution in [1.82, 2.24) is 4.98 Å². The van der Waals surface area contributed by atoms with Gasteiger partial charge < -0.3 is 0 Å². The van der Waals surface area contributed by atoms with Gasteiger partial charge in [-0.25, -0.2) is 4.98 Å². The van der Waals surface area contributed by atoms with E-state index in [9.17, 15) is 0 Å². The molecule has 0 saturated heterocycles. The summed E-state index contributed by atoms with van der Waals surface area (Å²) in [6, 6.07) is 27.3. The van der Waals surface area contributed by atoms with Crippen molar-refractivity contribution in [2.75, 3.05) is 0 Å². The molecule has 3 heterocycles. The average molecular weight is 520 g/mol. The highest BCUT2D eigenvalue weighted by molar-refractivity contribution is 7.15. The van der Waals surface area contributed by atoms with Crippen molar-refractivity contribution in [1.29, 1.82) is 0 Å². The molecular formula is C32H29N3S2. The number of rotatable bonds is 6. The van der Waals surface area contributed by atoms with Crippen LogP contribution in [0.5, 0.6) is 0 Å². The van der Waals surface area contributed by atoms with E-state index < -0.39 is 0 Å². The zero-order valence-corrected chi connectivity index (χ0v) is 23.4. The number of aliphatic imine (C=N–C) groups is 2. The molecule has 0 saturated carbocycles. The Morgan fingerprint density at radius 1 is 0.676 bits per heavy atom. The highest BCUT2D eigenvalue weighted by Gasteiger charge is 2.10. The number of aromatic nitrogens is 1. The summed E-state index contributed by atoms with van der Waals surface area (Å²) in [5.41, 5.74) is 9.27. The van der Waals surface area contributed by atoms with Crippen molar-refractivity contribution in [2.24, 2.45) is 9.98 Å². The minimum Gasteiger partial charge on any atom is -0.254 e. The molecule has 3 aromatic heterocycles. The van der Waals surface area contributed by atoms with Crippen molar-refractivity contribution >= 4 is 46.0 Å². The molecule has 5 rings (SSSR count). The highest BCUT2D eigenvalue weighted by Crippen LogP contribution is 2.35. The lowest BCUT2D eigenvalue weighted by molar-refractivity contribution is 1.25. The number of pyridine rings is 1. The third-order valence-electron chi connectivity index (χ3n) is 6.39. The Labute approximate surface area is 227 Å². The minimum atomic E-state index is 0.809. The predicted molar refractivity (Wildman–Crippen MR) is 162 cm³/mol. The van der Waals surface area contributed by atoms with Gasteiger partial charge in [-0.15, -0.1) is 22.7 Å². The monoisotopic (exact) mass is 519 g/mol. The summed E-state index contributed by atoms with van der Waals surface area (Å²) < 4.78 is 0. The highest BCUT2D eigenvalue weighted by atomic mass is 32.1. The minimum absolute atomic E-state index is 0.809. The predicted octanol–water partition coefficient (Wildman–Crippen LogP) is 9.66. The fraction of sp³-hybridized carbons (Fsp3) is 0.156. The molecule has 0 aliphatic heterocycles. The van der Waals surface area contributed by atoms with Gasteiger partial charge in [0.2, 0.25) is 0 Å². The van der Waals surface area contributed by atoms with E-state index in [1.165, 1.54) is 41.8 Å². The lowest BCUT2D eigenvalue weighted by Crippen LogP contribution is -2.01. The molecule has 2 aromatic carbocycles. The molecule has 0 atom stereocenters. The molecule has 0 spiro atoms. The number of aryl methyl sites for hydroxylation is 2. The number of benzene rings is 2. The summed E-state index contributed by atoms with van der Waals surface area (Å²) >= 11 is 3.62. The largest absolute Gasteiger partial charge is 0.254 e. The third kappa shape index (κ3) is 5.53. The first-order valence-corrected chi connectivity index (χ1v) is 13.9. The summed E-state index contributed by atoms with van der Waals surface area (Å²) in [6.45, 7) is 10.6. The maximum atomic E-state index is 4.96. The molecule has 0 amide bonds. The van der Waals surface area contributed by atoms with Crippen LogP contribution in [0.3, 0.4) is 0 Å². The smallest absolute Gasteiger partial charge is 0.0849 e. The van der Waals surface area contributed by atoms with E-state index in [2.05, 4.69) is 88.4 Å². The van der Waals surface area contributed by atoms with Crippen LogP contribution in [0.4, 0.5) is 11.4 Å². The van der Waals surface area contributed by atoms with E-state index in [1.807, 2.05) is 54.0 Å². The Kier molecular flexibility index (Phi) is 7.26. The summed E-state index contributed by atoms with van der Waals surface area (Å²) in [4.78, 5) is 19.8. The molecule has 0 aliphatic carbocycles. The van der Waals surface area contributed by atoms with Gasteiger partial charge in [-0.05, 0) is 105 Å². The maximum absolute atomic E-state index is 4.96. The molecule has 0 radical (unpaired) electrons. The van der Waals surface area contributed by atoms with Gasteiger partial charge in [0.15, 0.2) is 0 Å². The average Bonchev–Trinajstić information content (AvgIpc) is 3.53. The topological polar surface area (TPSA) is 37.6 Å². The molecule has 0 bridgehead atoms. The fourth-order valence-electron chi connectivity index (χ4n) is 4.30. The van der Waals surface area contributed by atoms with Crippen molar-refractivity contribution in [3.63, 3.8) is 0 Å². The van der Waals surface area contributed by atoms with E-state index in [-0.39, 0.29) is 0 Å². The van der Waals surface area contributed by atoms with Gasteiger partial charge >= 0.3 is 0 Å². The SMILES string of the molecule is CC(=Nc1cccc(-c2ccc(C)s2)c1C)c1cccc(C=Nc2cccc(-c3ccc(C)s3)c2C)n1. The molecule has 5 heteroatoms. The molecule has 5 aromatic rings. The Bertz CT molecular complexity index is 1640. The van der Waals surface area contributed by atoms with Crippen LogP contribution in [0.25, 0.3) is 20.9 Å². The molecule has 0 fully saturated rings. The van der Waals surface area contributed by atoms with E-state index >= 15 is 0 Å². The van der Waals surface area contributed by atoms with Gasteiger partial charge in [0.05, 0.1) is 34.7 Å². The second-order valence-electron chi connectivity index (χ2n) is 9.12. The van der Waals surface area contributed by atoms with Crippen molar-refractivity contribution < 1.29 is 0 Å². The summed E-state index contributed by atoms with van der Waals surface area (Å²) in [5.74, 6) is 0. The van der Waals surface area contributed by atoms with Gasteiger partial charge in [0.1, 0.15) is 0 Å². The first-order valence-electron chi connectivity index (χ1n) is 12.3. The van der Waals surface area contributed by atoms with Gasteiger partial charge in [-0.2, -0.15) is 0 Å². The lowest BCUT2D eigenvalue weighted by Gasteiger charge is -2.08. The van der Waals surface area contributed by atoms with Crippen LogP contribution < -0.4 is 0 Å². The van der Waals surface area contributed by atoms with E-state index in [0.717, 1.165) is 28.5 Å². The van der Waals surface area contributed by atoms with Crippen LogP contribution in [0.2, 0.25) is 0 Å². The first kappa shape index (κ1) is 25.0.